The van der Waals surface area contributed by atoms with E-state index >= 15 is 0 Å². The predicted molar refractivity (Wildman–Crippen MR) is 80.0 cm³/mol. The number of para-hydroxylation sites is 1. The second-order valence-corrected chi connectivity index (χ2v) is 5.68. The summed E-state index contributed by atoms with van der Waals surface area (Å²) in [6.45, 7) is 0. The van der Waals surface area contributed by atoms with E-state index in [1.54, 1.807) is 0 Å². The molecule has 2 N–H and O–H groups in total. The smallest absolute Gasteiger partial charge is 0.238 e. The van der Waals surface area contributed by atoms with Gasteiger partial charge in [0.25, 0.3) is 0 Å². The van der Waals surface area contributed by atoms with Gasteiger partial charge in [0, 0.05) is 23.7 Å². The van der Waals surface area contributed by atoms with Gasteiger partial charge >= 0.3 is 0 Å². The molecule has 0 bridgehead atoms. The van der Waals surface area contributed by atoms with E-state index in [0.29, 0.717) is 5.82 Å². The van der Waals surface area contributed by atoms with Crippen LogP contribution in [-0.4, -0.2) is 27.0 Å². The molecule has 0 radical (unpaired) electrons. The summed E-state index contributed by atoms with van der Waals surface area (Å²) in [7, 11) is 0. The van der Waals surface area contributed by atoms with Gasteiger partial charge in [0.15, 0.2) is 5.82 Å². The second kappa shape index (κ2) is 5.92. The third kappa shape index (κ3) is 3.19. The highest BCUT2D eigenvalue weighted by atomic mass is 32.2. The van der Waals surface area contributed by atoms with Gasteiger partial charge in [-0.3, -0.25) is 14.6 Å². The van der Waals surface area contributed by atoms with Gasteiger partial charge in [0.1, 0.15) is 0 Å². The Bertz CT molecular complexity index is 678. The van der Waals surface area contributed by atoms with Crippen LogP contribution in [0.5, 0.6) is 0 Å². The number of rotatable bonds is 3. The number of hydrogen-bond acceptors (Lipinski definition) is 5. The summed E-state index contributed by atoms with van der Waals surface area (Å²) in [5.74, 6) is -0.0420. The van der Waals surface area contributed by atoms with Crippen LogP contribution in [0.1, 0.15) is 6.42 Å². The molecule has 0 unspecified atom stereocenters. The monoisotopic (exact) mass is 300 g/mol. The number of carbonyl (C=O) groups excluding carboxylic acids is 2. The quantitative estimate of drug-likeness (QED) is 0.904. The lowest BCUT2D eigenvalue weighted by atomic mass is 10.2. The molecule has 21 heavy (non-hydrogen) atoms. The number of carbonyl (C=O) groups is 2. The highest BCUT2D eigenvalue weighted by molar-refractivity contribution is 8.01. The van der Waals surface area contributed by atoms with Crippen molar-refractivity contribution >= 4 is 35.1 Å². The Morgan fingerprint density at radius 1 is 1.33 bits per heavy atom. The molecule has 0 spiro atoms. The highest BCUT2D eigenvalue weighted by Crippen LogP contribution is 2.36. The summed E-state index contributed by atoms with van der Waals surface area (Å²) in [5, 5.41) is 4.99. The lowest BCUT2D eigenvalue weighted by Gasteiger charge is -2.23. The fourth-order valence-corrected chi connectivity index (χ4v) is 3.06. The SMILES string of the molecule is O=C(C[C@H]1Sc2ccccc2NC1=O)Nc1cnccn1. The topological polar surface area (TPSA) is 84.0 Å². The summed E-state index contributed by atoms with van der Waals surface area (Å²) in [4.78, 5) is 32.8. The summed E-state index contributed by atoms with van der Waals surface area (Å²) in [6.07, 6.45) is 4.56. The molecule has 1 aromatic heterocycles. The molecular formula is C14H12N4O2S. The van der Waals surface area contributed by atoms with Crippen molar-refractivity contribution in [3.8, 4) is 0 Å². The predicted octanol–water partition coefficient (Wildman–Crippen LogP) is 1.92. The van der Waals surface area contributed by atoms with E-state index in [1.807, 2.05) is 24.3 Å². The Labute approximate surface area is 125 Å². The number of anilines is 2. The van der Waals surface area contributed by atoms with Crippen LogP contribution >= 0.6 is 11.8 Å². The lowest BCUT2D eigenvalue weighted by molar-refractivity contribution is -0.120. The maximum atomic E-state index is 12.0. The van der Waals surface area contributed by atoms with E-state index in [4.69, 9.17) is 0 Å². The summed E-state index contributed by atoms with van der Waals surface area (Å²) >= 11 is 1.40. The molecule has 1 atom stereocenters. The first kappa shape index (κ1) is 13.6. The molecule has 0 fully saturated rings. The zero-order valence-electron chi connectivity index (χ0n) is 10.9. The molecule has 2 aromatic rings. The van der Waals surface area contributed by atoms with Gasteiger partial charge in [-0.05, 0) is 12.1 Å². The van der Waals surface area contributed by atoms with Crippen molar-refractivity contribution < 1.29 is 9.59 Å². The van der Waals surface area contributed by atoms with Crippen LogP contribution in [0, 0.1) is 0 Å². The van der Waals surface area contributed by atoms with Crippen LogP contribution in [0.4, 0.5) is 11.5 Å². The minimum atomic E-state index is -0.448. The molecule has 1 aliphatic heterocycles. The Hall–Kier alpha value is -2.41. The normalized spacial score (nSPS) is 16.8. The number of nitrogens with one attached hydrogen (secondary N) is 2. The van der Waals surface area contributed by atoms with Crippen LogP contribution in [-0.2, 0) is 9.59 Å². The fourth-order valence-electron chi connectivity index (χ4n) is 1.95. The molecule has 2 heterocycles. The van der Waals surface area contributed by atoms with E-state index in [-0.39, 0.29) is 18.2 Å². The van der Waals surface area contributed by atoms with E-state index in [2.05, 4.69) is 20.6 Å². The van der Waals surface area contributed by atoms with E-state index in [9.17, 15) is 9.59 Å². The van der Waals surface area contributed by atoms with E-state index in [1.165, 1.54) is 30.4 Å². The first-order chi connectivity index (χ1) is 10.2. The number of benzene rings is 1. The fraction of sp³-hybridized carbons (Fsp3) is 0.143. The molecule has 3 rings (SSSR count). The number of thioether (sulfide) groups is 1. The Morgan fingerprint density at radius 3 is 3.00 bits per heavy atom. The summed E-state index contributed by atoms with van der Waals surface area (Å²) in [5.41, 5.74) is 0.790. The largest absolute Gasteiger partial charge is 0.324 e. The van der Waals surface area contributed by atoms with Crippen molar-refractivity contribution in [2.45, 2.75) is 16.6 Å². The van der Waals surface area contributed by atoms with Crippen LogP contribution in [0.15, 0.2) is 47.8 Å². The first-order valence-electron chi connectivity index (χ1n) is 6.35. The molecule has 0 aliphatic carbocycles. The molecule has 0 saturated heterocycles. The number of amides is 2. The zero-order valence-corrected chi connectivity index (χ0v) is 11.8. The summed E-state index contributed by atoms with van der Waals surface area (Å²) in [6, 6.07) is 7.53. The molecule has 1 aliphatic rings. The minimum absolute atomic E-state index is 0.0847. The molecular weight excluding hydrogens is 288 g/mol. The van der Waals surface area contributed by atoms with Crippen molar-refractivity contribution in [1.29, 1.82) is 0 Å². The number of fused-ring (bicyclic) bond motifs is 1. The lowest BCUT2D eigenvalue weighted by Crippen LogP contribution is -2.32. The second-order valence-electron chi connectivity index (χ2n) is 4.43. The molecule has 2 amide bonds. The van der Waals surface area contributed by atoms with Gasteiger partial charge in [-0.15, -0.1) is 11.8 Å². The van der Waals surface area contributed by atoms with Crippen LogP contribution in [0.2, 0.25) is 0 Å². The van der Waals surface area contributed by atoms with Gasteiger partial charge < -0.3 is 10.6 Å². The van der Waals surface area contributed by atoms with Crippen LogP contribution in [0.25, 0.3) is 0 Å². The van der Waals surface area contributed by atoms with Crippen molar-refractivity contribution in [2.75, 3.05) is 10.6 Å². The van der Waals surface area contributed by atoms with Crippen LogP contribution < -0.4 is 10.6 Å². The van der Waals surface area contributed by atoms with Gasteiger partial charge in [-0.25, -0.2) is 4.98 Å². The van der Waals surface area contributed by atoms with Crippen molar-refractivity contribution in [3.05, 3.63) is 42.9 Å². The molecule has 106 valence electrons. The van der Waals surface area contributed by atoms with Crippen molar-refractivity contribution in [1.82, 2.24) is 9.97 Å². The Morgan fingerprint density at radius 2 is 2.19 bits per heavy atom. The average Bonchev–Trinajstić information content (AvgIpc) is 2.49. The van der Waals surface area contributed by atoms with Crippen LogP contribution in [0.3, 0.4) is 0 Å². The van der Waals surface area contributed by atoms with E-state index < -0.39 is 5.25 Å². The first-order valence-corrected chi connectivity index (χ1v) is 7.23. The molecule has 7 heteroatoms. The van der Waals surface area contributed by atoms with Gasteiger partial charge in [-0.1, -0.05) is 12.1 Å². The minimum Gasteiger partial charge on any atom is -0.324 e. The molecule has 0 saturated carbocycles. The van der Waals surface area contributed by atoms with Gasteiger partial charge in [0.05, 0.1) is 17.1 Å². The van der Waals surface area contributed by atoms with Crippen molar-refractivity contribution in [2.24, 2.45) is 0 Å². The van der Waals surface area contributed by atoms with Crippen molar-refractivity contribution in [3.63, 3.8) is 0 Å². The zero-order chi connectivity index (χ0) is 14.7. The molecule has 1 aromatic carbocycles. The van der Waals surface area contributed by atoms with Gasteiger partial charge in [-0.2, -0.15) is 0 Å². The maximum Gasteiger partial charge on any atom is 0.238 e. The Kier molecular flexibility index (Phi) is 3.83. The average molecular weight is 300 g/mol. The highest BCUT2D eigenvalue weighted by Gasteiger charge is 2.28. The number of hydrogen-bond donors (Lipinski definition) is 2. The third-order valence-electron chi connectivity index (χ3n) is 2.91. The maximum absolute atomic E-state index is 12.0. The number of aromatic nitrogens is 2. The summed E-state index contributed by atoms with van der Waals surface area (Å²) < 4.78 is 0. The Balaban J connectivity index is 1.65. The number of nitrogens with zero attached hydrogens (tertiary/aromatic N) is 2. The van der Waals surface area contributed by atoms with Gasteiger partial charge in [0.2, 0.25) is 11.8 Å². The van der Waals surface area contributed by atoms with E-state index in [0.717, 1.165) is 10.6 Å². The standard InChI is InChI=1S/C14H12N4O2S/c19-13(18-12-8-15-5-6-16-12)7-11-14(20)17-9-3-1-2-4-10(9)21-11/h1-6,8,11H,7H2,(H,17,20)(H,16,18,19)/t11-/m1/s1. The molecule has 6 nitrogen and oxygen atoms in total. The third-order valence-corrected chi connectivity index (χ3v) is 4.18.